The summed E-state index contributed by atoms with van der Waals surface area (Å²) in [7, 11) is 0. The summed E-state index contributed by atoms with van der Waals surface area (Å²) >= 11 is 0. The molecule has 0 aromatic heterocycles. The lowest BCUT2D eigenvalue weighted by atomic mass is 10.1. The molecule has 0 saturated carbocycles. The van der Waals surface area contributed by atoms with Crippen LogP contribution in [0.15, 0.2) is 48.5 Å². The first kappa shape index (κ1) is 17.5. The van der Waals surface area contributed by atoms with Crippen LogP contribution in [0.3, 0.4) is 0 Å². The zero-order valence-electron chi connectivity index (χ0n) is 15.0. The number of nitrogens with one attached hydrogen (secondary N) is 1. The molecule has 0 fully saturated rings. The zero-order valence-corrected chi connectivity index (χ0v) is 15.0. The van der Waals surface area contributed by atoms with E-state index in [2.05, 4.69) is 24.1 Å². The topological polar surface area (TPSA) is 41.6 Å². The molecule has 132 valence electrons. The van der Waals surface area contributed by atoms with Crippen LogP contribution in [0.25, 0.3) is 0 Å². The smallest absolute Gasteiger partial charge is 0.255 e. The molecule has 0 unspecified atom stereocenters. The van der Waals surface area contributed by atoms with Crippen molar-refractivity contribution in [3.63, 3.8) is 0 Å². The fourth-order valence-corrected chi connectivity index (χ4v) is 2.92. The predicted octanol–water partition coefficient (Wildman–Crippen LogP) is 4.18. The van der Waals surface area contributed by atoms with Crippen molar-refractivity contribution in [2.24, 2.45) is 5.92 Å². The van der Waals surface area contributed by atoms with Crippen LogP contribution in [0.2, 0.25) is 0 Å². The van der Waals surface area contributed by atoms with Gasteiger partial charge in [0.1, 0.15) is 12.4 Å². The summed E-state index contributed by atoms with van der Waals surface area (Å²) in [5.74, 6) is 1.42. The van der Waals surface area contributed by atoms with Gasteiger partial charge in [-0.2, -0.15) is 0 Å². The SMILES string of the molecule is CC(C)CCN1CCOc2cc(C(=O)Nc3ccccc3)ccc2C1. The van der Waals surface area contributed by atoms with Crippen LogP contribution in [0.5, 0.6) is 5.75 Å². The molecule has 1 aliphatic rings. The minimum Gasteiger partial charge on any atom is -0.492 e. The Hall–Kier alpha value is -2.33. The van der Waals surface area contributed by atoms with Crippen molar-refractivity contribution < 1.29 is 9.53 Å². The Balaban J connectivity index is 1.69. The molecule has 4 nitrogen and oxygen atoms in total. The number of ether oxygens (including phenoxy) is 1. The average Bonchev–Trinajstić information content (AvgIpc) is 2.82. The Morgan fingerprint density at radius 1 is 1.20 bits per heavy atom. The highest BCUT2D eigenvalue weighted by Crippen LogP contribution is 2.25. The van der Waals surface area contributed by atoms with Gasteiger partial charge in [-0.3, -0.25) is 9.69 Å². The fraction of sp³-hybridized carbons (Fsp3) is 0.381. The first-order valence-corrected chi connectivity index (χ1v) is 8.96. The van der Waals surface area contributed by atoms with Crippen LogP contribution in [0.1, 0.15) is 36.2 Å². The fourth-order valence-electron chi connectivity index (χ4n) is 2.92. The maximum atomic E-state index is 12.5. The van der Waals surface area contributed by atoms with Crippen molar-refractivity contribution in [1.29, 1.82) is 0 Å². The molecular weight excluding hydrogens is 312 g/mol. The molecule has 4 heteroatoms. The summed E-state index contributed by atoms with van der Waals surface area (Å²) in [5.41, 5.74) is 2.57. The number of nitrogens with zero attached hydrogens (tertiary/aromatic N) is 1. The van der Waals surface area contributed by atoms with Gasteiger partial charge in [0.2, 0.25) is 0 Å². The van der Waals surface area contributed by atoms with Gasteiger partial charge in [-0.1, -0.05) is 38.1 Å². The van der Waals surface area contributed by atoms with Crippen molar-refractivity contribution in [3.05, 3.63) is 59.7 Å². The maximum Gasteiger partial charge on any atom is 0.255 e. The van der Waals surface area contributed by atoms with E-state index in [4.69, 9.17) is 4.74 Å². The third-order valence-electron chi connectivity index (χ3n) is 4.44. The summed E-state index contributed by atoms with van der Waals surface area (Å²) in [6, 6.07) is 15.3. The number of amides is 1. The molecule has 0 spiro atoms. The van der Waals surface area contributed by atoms with Gasteiger partial charge in [0.15, 0.2) is 0 Å². The molecule has 25 heavy (non-hydrogen) atoms. The molecule has 2 aromatic carbocycles. The second-order valence-corrected chi connectivity index (χ2v) is 6.95. The van der Waals surface area contributed by atoms with Crippen LogP contribution >= 0.6 is 0 Å². The third kappa shape index (κ3) is 4.83. The third-order valence-corrected chi connectivity index (χ3v) is 4.44. The molecule has 0 bridgehead atoms. The molecule has 2 aromatic rings. The van der Waals surface area contributed by atoms with E-state index in [0.29, 0.717) is 18.1 Å². The molecule has 1 aliphatic heterocycles. The minimum atomic E-state index is -0.112. The van der Waals surface area contributed by atoms with E-state index < -0.39 is 0 Å². The van der Waals surface area contributed by atoms with Crippen LogP contribution in [0, 0.1) is 5.92 Å². The summed E-state index contributed by atoms with van der Waals surface area (Å²) in [6.07, 6.45) is 1.19. The van der Waals surface area contributed by atoms with E-state index in [1.165, 1.54) is 6.42 Å². The summed E-state index contributed by atoms with van der Waals surface area (Å²) in [5, 5.41) is 2.92. The number of hydrogen-bond donors (Lipinski definition) is 1. The van der Waals surface area contributed by atoms with Crippen molar-refractivity contribution in [2.75, 3.05) is 25.0 Å². The molecule has 0 radical (unpaired) electrons. The Labute approximate surface area is 149 Å². The Morgan fingerprint density at radius 2 is 2.00 bits per heavy atom. The second kappa shape index (κ2) is 8.17. The monoisotopic (exact) mass is 338 g/mol. The standard InChI is InChI=1S/C21H26N2O2/c1-16(2)10-11-23-12-13-25-20-14-17(8-9-18(20)15-23)21(24)22-19-6-4-3-5-7-19/h3-9,14,16H,10-13,15H2,1-2H3,(H,22,24). The van der Waals surface area contributed by atoms with Gasteiger partial charge in [0.05, 0.1) is 0 Å². The van der Waals surface area contributed by atoms with Crippen molar-refractivity contribution >= 4 is 11.6 Å². The van der Waals surface area contributed by atoms with Crippen LogP contribution in [-0.4, -0.2) is 30.5 Å². The molecule has 1 heterocycles. The molecule has 3 rings (SSSR count). The number of benzene rings is 2. The Kier molecular flexibility index (Phi) is 5.71. The molecular formula is C21H26N2O2. The molecule has 0 aliphatic carbocycles. The number of para-hydroxylation sites is 1. The van der Waals surface area contributed by atoms with Crippen LogP contribution in [0.4, 0.5) is 5.69 Å². The minimum absolute atomic E-state index is 0.112. The normalized spacial score (nSPS) is 14.5. The van der Waals surface area contributed by atoms with Gasteiger partial charge in [-0.25, -0.2) is 0 Å². The molecule has 0 atom stereocenters. The van der Waals surface area contributed by atoms with Crippen LogP contribution in [-0.2, 0) is 6.54 Å². The highest BCUT2D eigenvalue weighted by atomic mass is 16.5. The predicted molar refractivity (Wildman–Crippen MR) is 101 cm³/mol. The van der Waals surface area contributed by atoms with Crippen molar-refractivity contribution in [2.45, 2.75) is 26.8 Å². The molecule has 0 saturated heterocycles. The van der Waals surface area contributed by atoms with Crippen molar-refractivity contribution in [3.8, 4) is 5.75 Å². The van der Waals surface area contributed by atoms with E-state index in [1.807, 2.05) is 48.5 Å². The zero-order chi connectivity index (χ0) is 17.6. The number of carbonyl (C=O) groups excluding carboxylic acids is 1. The van der Waals surface area contributed by atoms with Gasteiger partial charge in [0.25, 0.3) is 5.91 Å². The maximum absolute atomic E-state index is 12.5. The summed E-state index contributed by atoms with van der Waals surface area (Å²) < 4.78 is 5.90. The van der Waals surface area contributed by atoms with Gasteiger partial charge in [-0.05, 0) is 43.1 Å². The lowest BCUT2D eigenvalue weighted by Gasteiger charge is -2.20. The van der Waals surface area contributed by atoms with Gasteiger partial charge in [-0.15, -0.1) is 0 Å². The highest BCUT2D eigenvalue weighted by molar-refractivity contribution is 6.04. The lowest BCUT2D eigenvalue weighted by Crippen LogP contribution is -2.27. The van der Waals surface area contributed by atoms with Crippen LogP contribution < -0.4 is 10.1 Å². The van der Waals surface area contributed by atoms with Gasteiger partial charge < -0.3 is 10.1 Å². The second-order valence-electron chi connectivity index (χ2n) is 6.95. The van der Waals surface area contributed by atoms with E-state index >= 15 is 0 Å². The number of fused-ring (bicyclic) bond motifs is 1. The highest BCUT2D eigenvalue weighted by Gasteiger charge is 2.17. The Morgan fingerprint density at radius 3 is 2.76 bits per heavy atom. The van der Waals surface area contributed by atoms with E-state index in [-0.39, 0.29) is 5.91 Å². The lowest BCUT2D eigenvalue weighted by molar-refractivity contribution is 0.102. The summed E-state index contributed by atoms with van der Waals surface area (Å²) in [4.78, 5) is 14.9. The largest absolute Gasteiger partial charge is 0.492 e. The first-order chi connectivity index (χ1) is 12.1. The first-order valence-electron chi connectivity index (χ1n) is 8.96. The number of anilines is 1. The van der Waals surface area contributed by atoms with Crippen molar-refractivity contribution in [1.82, 2.24) is 4.90 Å². The van der Waals surface area contributed by atoms with E-state index in [0.717, 1.165) is 36.6 Å². The average molecular weight is 338 g/mol. The summed E-state index contributed by atoms with van der Waals surface area (Å²) in [6.45, 7) is 8.04. The van der Waals surface area contributed by atoms with Gasteiger partial charge in [0, 0.05) is 29.9 Å². The van der Waals surface area contributed by atoms with E-state index in [9.17, 15) is 4.79 Å². The molecule has 1 N–H and O–H groups in total. The molecule has 1 amide bonds. The Bertz CT molecular complexity index is 713. The number of hydrogen-bond acceptors (Lipinski definition) is 3. The van der Waals surface area contributed by atoms with Gasteiger partial charge >= 0.3 is 0 Å². The number of rotatable bonds is 5. The quantitative estimate of drug-likeness (QED) is 0.889. The van der Waals surface area contributed by atoms with E-state index in [1.54, 1.807) is 0 Å². The number of carbonyl (C=O) groups is 1.